The number of imidazole rings is 1. The number of aliphatic hydroxyl groups excluding tert-OH is 1. The molecular formula is C9H15N3O. The van der Waals surface area contributed by atoms with Gasteiger partial charge in [0.25, 0.3) is 0 Å². The van der Waals surface area contributed by atoms with Crippen molar-refractivity contribution in [1.29, 1.82) is 0 Å². The summed E-state index contributed by atoms with van der Waals surface area (Å²) < 4.78 is 0. The van der Waals surface area contributed by atoms with E-state index >= 15 is 0 Å². The summed E-state index contributed by atoms with van der Waals surface area (Å²) >= 11 is 0. The molecule has 72 valence electrons. The van der Waals surface area contributed by atoms with Crippen LogP contribution in [0.3, 0.4) is 0 Å². The SMILES string of the molecule is OCCN(Cc1cnc[nH]1)C1CC1. The van der Waals surface area contributed by atoms with E-state index in [2.05, 4.69) is 14.9 Å². The van der Waals surface area contributed by atoms with Crippen molar-refractivity contribution in [2.75, 3.05) is 13.2 Å². The van der Waals surface area contributed by atoms with Gasteiger partial charge in [0.1, 0.15) is 0 Å². The summed E-state index contributed by atoms with van der Waals surface area (Å²) in [4.78, 5) is 9.34. The number of aromatic amines is 1. The van der Waals surface area contributed by atoms with E-state index in [4.69, 9.17) is 5.11 Å². The Kier molecular flexibility index (Phi) is 2.61. The fraction of sp³-hybridized carbons (Fsp3) is 0.667. The monoisotopic (exact) mass is 181 g/mol. The lowest BCUT2D eigenvalue weighted by Gasteiger charge is -2.19. The lowest BCUT2D eigenvalue weighted by atomic mass is 10.4. The van der Waals surface area contributed by atoms with Gasteiger partial charge in [0.05, 0.1) is 12.9 Å². The van der Waals surface area contributed by atoms with E-state index in [0.29, 0.717) is 6.04 Å². The number of rotatable bonds is 5. The first kappa shape index (κ1) is 8.72. The van der Waals surface area contributed by atoms with Crippen LogP contribution >= 0.6 is 0 Å². The molecule has 2 rings (SSSR count). The summed E-state index contributed by atoms with van der Waals surface area (Å²) in [5.74, 6) is 0. The quantitative estimate of drug-likeness (QED) is 0.690. The Morgan fingerprint density at radius 1 is 1.62 bits per heavy atom. The highest BCUT2D eigenvalue weighted by atomic mass is 16.3. The molecule has 1 aromatic rings. The molecule has 1 aliphatic carbocycles. The van der Waals surface area contributed by atoms with Crippen molar-refractivity contribution in [3.05, 3.63) is 18.2 Å². The van der Waals surface area contributed by atoms with Gasteiger partial charge in [-0.05, 0) is 12.8 Å². The van der Waals surface area contributed by atoms with Crippen LogP contribution in [0, 0.1) is 0 Å². The standard InChI is InChI=1S/C9H15N3O/c13-4-3-12(9-1-2-9)6-8-5-10-7-11-8/h5,7,9,13H,1-4,6H2,(H,10,11). The van der Waals surface area contributed by atoms with Gasteiger partial charge in [-0.15, -0.1) is 0 Å². The lowest BCUT2D eigenvalue weighted by molar-refractivity contribution is 0.182. The second kappa shape index (κ2) is 3.89. The van der Waals surface area contributed by atoms with Crippen molar-refractivity contribution >= 4 is 0 Å². The van der Waals surface area contributed by atoms with Crippen molar-refractivity contribution in [3.63, 3.8) is 0 Å². The molecule has 13 heavy (non-hydrogen) atoms. The van der Waals surface area contributed by atoms with E-state index in [1.807, 2.05) is 6.20 Å². The molecule has 4 heteroatoms. The molecule has 4 nitrogen and oxygen atoms in total. The number of H-pyrrole nitrogens is 1. The van der Waals surface area contributed by atoms with Gasteiger partial charge in [0, 0.05) is 31.0 Å². The highest BCUT2D eigenvalue weighted by Gasteiger charge is 2.28. The Balaban J connectivity index is 1.89. The van der Waals surface area contributed by atoms with Crippen molar-refractivity contribution in [2.24, 2.45) is 0 Å². The minimum absolute atomic E-state index is 0.241. The Morgan fingerprint density at radius 2 is 2.46 bits per heavy atom. The summed E-state index contributed by atoms with van der Waals surface area (Å²) in [6, 6.07) is 0.690. The molecule has 1 saturated carbocycles. The summed E-state index contributed by atoms with van der Waals surface area (Å²) in [7, 11) is 0. The maximum atomic E-state index is 8.87. The normalized spacial score (nSPS) is 16.8. The maximum absolute atomic E-state index is 8.87. The van der Waals surface area contributed by atoms with E-state index in [0.717, 1.165) is 18.8 Å². The van der Waals surface area contributed by atoms with E-state index < -0.39 is 0 Å². The van der Waals surface area contributed by atoms with Crippen LogP contribution in [0.1, 0.15) is 18.5 Å². The van der Waals surface area contributed by atoms with Crippen molar-refractivity contribution in [1.82, 2.24) is 14.9 Å². The van der Waals surface area contributed by atoms with Crippen LogP contribution in [0.15, 0.2) is 12.5 Å². The van der Waals surface area contributed by atoms with Gasteiger partial charge < -0.3 is 10.1 Å². The fourth-order valence-corrected chi connectivity index (χ4v) is 1.55. The zero-order chi connectivity index (χ0) is 9.10. The van der Waals surface area contributed by atoms with Gasteiger partial charge in [-0.3, -0.25) is 4.90 Å². The molecule has 2 N–H and O–H groups in total. The van der Waals surface area contributed by atoms with Crippen LogP contribution in [0.2, 0.25) is 0 Å². The van der Waals surface area contributed by atoms with Gasteiger partial charge in [-0.1, -0.05) is 0 Å². The third-order valence-corrected chi connectivity index (χ3v) is 2.38. The second-order valence-electron chi connectivity index (χ2n) is 3.50. The van der Waals surface area contributed by atoms with E-state index in [1.165, 1.54) is 12.8 Å². The first-order chi connectivity index (χ1) is 6.40. The summed E-state index contributed by atoms with van der Waals surface area (Å²) in [5, 5.41) is 8.87. The van der Waals surface area contributed by atoms with E-state index in [9.17, 15) is 0 Å². The number of aromatic nitrogens is 2. The molecule has 0 unspecified atom stereocenters. The Morgan fingerprint density at radius 3 is 3.00 bits per heavy atom. The number of nitrogens with zero attached hydrogens (tertiary/aromatic N) is 2. The van der Waals surface area contributed by atoms with Crippen molar-refractivity contribution < 1.29 is 5.11 Å². The average Bonchev–Trinajstić information content (AvgIpc) is 2.85. The van der Waals surface area contributed by atoms with Crippen LogP contribution in [-0.2, 0) is 6.54 Å². The smallest absolute Gasteiger partial charge is 0.0922 e. The van der Waals surface area contributed by atoms with Gasteiger partial charge in [-0.25, -0.2) is 4.98 Å². The Labute approximate surface area is 77.6 Å². The van der Waals surface area contributed by atoms with Crippen LogP contribution in [0.5, 0.6) is 0 Å². The fourth-order valence-electron chi connectivity index (χ4n) is 1.55. The summed E-state index contributed by atoms with van der Waals surface area (Å²) in [6.45, 7) is 1.89. The van der Waals surface area contributed by atoms with Gasteiger partial charge in [0.2, 0.25) is 0 Å². The average molecular weight is 181 g/mol. The van der Waals surface area contributed by atoms with E-state index in [1.54, 1.807) is 6.33 Å². The number of aliphatic hydroxyl groups is 1. The number of nitrogens with one attached hydrogen (secondary N) is 1. The minimum Gasteiger partial charge on any atom is -0.395 e. The highest BCUT2D eigenvalue weighted by Crippen LogP contribution is 2.27. The van der Waals surface area contributed by atoms with Gasteiger partial charge in [0.15, 0.2) is 0 Å². The third kappa shape index (κ3) is 2.29. The molecule has 0 amide bonds. The molecule has 1 fully saturated rings. The van der Waals surface area contributed by atoms with Crippen LogP contribution in [-0.4, -0.2) is 39.2 Å². The second-order valence-corrected chi connectivity index (χ2v) is 3.50. The van der Waals surface area contributed by atoms with Crippen LogP contribution in [0.4, 0.5) is 0 Å². The zero-order valence-corrected chi connectivity index (χ0v) is 7.61. The topological polar surface area (TPSA) is 52.1 Å². The molecule has 1 heterocycles. The summed E-state index contributed by atoms with van der Waals surface area (Å²) in [6.07, 6.45) is 6.08. The molecule has 0 saturated heterocycles. The molecule has 0 aromatic carbocycles. The highest BCUT2D eigenvalue weighted by molar-refractivity contribution is 4.96. The largest absolute Gasteiger partial charge is 0.395 e. The number of hydrogen-bond donors (Lipinski definition) is 2. The first-order valence-corrected chi connectivity index (χ1v) is 4.72. The van der Waals surface area contributed by atoms with Gasteiger partial charge >= 0.3 is 0 Å². The van der Waals surface area contributed by atoms with Crippen LogP contribution < -0.4 is 0 Å². The maximum Gasteiger partial charge on any atom is 0.0922 e. The molecule has 0 radical (unpaired) electrons. The summed E-state index contributed by atoms with van der Waals surface area (Å²) in [5.41, 5.74) is 1.13. The van der Waals surface area contributed by atoms with Gasteiger partial charge in [-0.2, -0.15) is 0 Å². The molecular weight excluding hydrogens is 166 g/mol. The van der Waals surface area contributed by atoms with Crippen molar-refractivity contribution in [2.45, 2.75) is 25.4 Å². The lowest BCUT2D eigenvalue weighted by Crippen LogP contribution is -2.28. The molecule has 0 aliphatic heterocycles. The third-order valence-electron chi connectivity index (χ3n) is 2.38. The zero-order valence-electron chi connectivity index (χ0n) is 7.61. The van der Waals surface area contributed by atoms with E-state index in [-0.39, 0.29) is 6.61 Å². The minimum atomic E-state index is 0.241. The van der Waals surface area contributed by atoms with Crippen LogP contribution in [0.25, 0.3) is 0 Å². The Bertz CT molecular complexity index is 243. The molecule has 1 aliphatic rings. The molecule has 0 spiro atoms. The predicted octanol–water partition coefficient (Wildman–Crippen LogP) is 0.366. The van der Waals surface area contributed by atoms with Crippen molar-refractivity contribution in [3.8, 4) is 0 Å². The first-order valence-electron chi connectivity index (χ1n) is 4.72. The molecule has 0 atom stereocenters. The number of hydrogen-bond acceptors (Lipinski definition) is 3. The predicted molar refractivity (Wildman–Crippen MR) is 49.1 cm³/mol. The molecule has 0 bridgehead atoms. The Hall–Kier alpha value is -0.870. The molecule has 1 aromatic heterocycles.